The zero-order chi connectivity index (χ0) is 17.1. The molecule has 0 spiro atoms. The van der Waals surface area contributed by atoms with E-state index in [-0.39, 0.29) is 5.91 Å². The van der Waals surface area contributed by atoms with Crippen LogP contribution in [0.4, 0.5) is 5.69 Å². The average molecular weight is 336 g/mol. The van der Waals surface area contributed by atoms with Crippen LogP contribution in [0, 0.1) is 0 Å². The van der Waals surface area contributed by atoms with E-state index in [0.717, 1.165) is 30.7 Å². The number of amides is 1. The number of fused-ring (bicyclic) bond motifs is 1. The number of hydrogen-bond acceptors (Lipinski definition) is 5. The van der Waals surface area contributed by atoms with Gasteiger partial charge < -0.3 is 4.90 Å². The molecule has 3 aromatic rings. The molecule has 3 heterocycles. The summed E-state index contributed by atoms with van der Waals surface area (Å²) in [5.41, 5.74) is 1.39. The molecule has 1 aliphatic heterocycles. The Morgan fingerprint density at radius 2 is 1.92 bits per heavy atom. The molecule has 0 N–H and O–H groups in total. The molecular weight excluding hydrogens is 316 g/mol. The van der Waals surface area contributed by atoms with Gasteiger partial charge in [0.15, 0.2) is 5.65 Å². The van der Waals surface area contributed by atoms with E-state index in [4.69, 9.17) is 0 Å². The topological polar surface area (TPSA) is 67.2 Å². The minimum absolute atomic E-state index is 0.00159. The van der Waals surface area contributed by atoms with Crippen molar-refractivity contribution >= 4 is 22.6 Å². The number of anilines is 1. The standard InChI is InChI=1S/C18H20N6O/c25-17(8-11-22-9-4-5-10-22)23(16-6-2-1-3-7-16)24-18-15(13-21-24)12-19-14-20-18/h1-3,6-7,12-14H,4-5,8-11H2. The molecule has 0 bridgehead atoms. The maximum Gasteiger partial charge on any atom is 0.248 e. The lowest BCUT2D eigenvalue weighted by Crippen LogP contribution is -2.38. The maximum atomic E-state index is 13.0. The van der Waals surface area contributed by atoms with E-state index in [9.17, 15) is 4.79 Å². The summed E-state index contributed by atoms with van der Waals surface area (Å²) >= 11 is 0. The first-order chi connectivity index (χ1) is 12.3. The quantitative estimate of drug-likeness (QED) is 0.714. The molecule has 0 atom stereocenters. The van der Waals surface area contributed by atoms with E-state index in [0.29, 0.717) is 12.1 Å². The third kappa shape index (κ3) is 3.23. The first-order valence-electron chi connectivity index (χ1n) is 8.57. The fraction of sp³-hybridized carbons (Fsp3) is 0.333. The van der Waals surface area contributed by atoms with Gasteiger partial charge in [0, 0.05) is 19.2 Å². The summed E-state index contributed by atoms with van der Waals surface area (Å²) in [6, 6.07) is 9.57. The number of benzene rings is 1. The lowest BCUT2D eigenvalue weighted by atomic mass is 10.3. The van der Waals surface area contributed by atoms with Crippen LogP contribution in [0.2, 0.25) is 0 Å². The smallest absolute Gasteiger partial charge is 0.248 e. The largest absolute Gasteiger partial charge is 0.303 e. The number of likely N-dealkylation sites (tertiary alicyclic amines) is 1. The molecule has 1 aliphatic rings. The normalized spacial score (nSPS) is 14.9. The van der Waals surface area contributed by atoms with Gasteiger partial charge in [-0.1, -0.05) is 18.2 Å². The zero-order valence-electron chi connectivity index (χ0n) is 14.0. The fourth-order valence-corrected chi connectivity index (χ4v) is 3.20. The van der Waals surface area contributed by atoms with Crippen molar-refractivity contribution in [1.29, 1.82) is 0 Å². The van der Waals surface area contributed by atoms with Crippen molar-refractivity contribution in [3.63, 3.8) is 0 Å². The van der Waals surface area contributed by atoms with Gasteiger partial charge in [-0.25, -0.2) is 9.97 Å². The van der Waals surface area contributed by atoms with Crippen LogP contribution in [0.25, 0.3) is 11.0 Å². The maximum absolute atomic E-state index is 13.0. The Labute approximate surface area is 145 Å². The van der Waals surface area contributed by atoms with Crippen LogP contribution in [-0.2, 0) is 4.79 Å². The fourth-order valence-electron chi connectivity index (χ4n) is 3.20. The van der Waals surface area contributed by atoms with E-state index in [1.807, 2.05) is 30.3 Å². The molecule has 1 amide bonds. The van der Waals surface area contributed by atoms with E-state index in [1.54, 1.807) is 22.2 Å². The first-order valence-corrected chi connectivity index (χ1v) is 8.57. The molecule has 128 valence electrons. The second-order valence-electron chi connectivity index (χ2n) is 6.18. The van der Waals surface area contributed by atoms with Gasteiger partial charge in [0.25, 0.3) is 0 Å². The highest BCUT2D eigenvalue weighted by Gasteiger charge is 2.22. The molecule has 0 saturated carbocycles. The van der Waals surface area contributed by atoms with Gasteiger partial charge in [0.05, 0.1) is 17.3 Å². The number of carbonyl (C=O) groups excluding carboxylic acids is 1. The van der Waals surface area contributed by atoms with Crippen molar-refractivity contribution in [3.05, 3.63) is 49.1 Å². The Hall–Kier alpha value is -2.80. The number of rotatable bonds is 5. The predicted octanol–water partition coefficient (Wildman–Crippen LogP) is 2.11. The summed E-state index contributed by atoms with van der Waals surface area (Å²) in [5, 5.41) is 6.78. The molecule has 0 aliphatic carbocycles. The Morgan fingerprint density at radius 1 is 1.12 bits per heavy atom. The van der Waals surface area contributed by atoms with Crippen LogP contribution in [0.15, 0.2) is 49.1 Å². The van der Waals surface area contributed by atoms with Gasteiger partial charge >= 0.3 is 0 Å². The molecule has 0 unspecified atom stereocenters. The highest BCUT2D eigenvalue weighted by molar-refractivity contribution is 5.94. The van der Waals surface area contributed by atoms with Gasteiger partial charge in [-0.2, -0.15) is 10.1 Å². The predicted molar refractivity (Wildman–Crippen MR) is 94.9 cm³/mol. The average Bonchev–Trinajstić information content (AvgIpc) is 3.31. The van der Waals surface area contributed by atoms with Crippen LogP contribution < -0.4 is 5.01 Å². The van der Waals surface area contributed by atoms with Gasteiger partial charge in [0.1, 0.15) is 6.33 Å². The summed E-state index contributed by atoms with van der Waals surface area (Å²) in [6.45, 7) is 2.93. The number of para-hydroxylation sites is 1. The summed E-state index contributed by atoms with van der Waals surface area (Å²) in [7, 11) is 0. The number of hydrogen-bond donors (Lipinski definition) is 0. The van der Waals surface area contributed by atoms with Gasteiger partial charge in [-0.15, -0.1) is 4.79 Å². The summed E-state index contributed by atoms with van der Waals surface area (Å²) in [4.78, 5) is 25.3. The summed E-state index contributed by atoms with van der Waals surface area (Å²) in [6.07, 6.45) is 7.73. The van der Waals surface area contributed by atoms with Gasteiger partial charge in [-0.05, 0) is 38.1 Å². The minimum Gasteiger partial charge on any atom is -0.303 e. The van der Waals surface area contributed by atoms with E-state index in [1.165, 1.54) is 19.2 Å². The SMILES string of the molecule is O=C(CCN1CCCC1)N(c1ccccc1)n1ncc2cncnc21. The highest BCUT2D eigenvalue weighted by Crippen LogP contribution is 2.19. The van der Waals surface area contributed by atoms with Crippen LogP contribution in [0.3, 0.4) is 0 Å². The highest BCUT2D eigenvalue weighted by atomic mass is 16.2. The third-order valence-electron chi connectivity index (χ3n) is 4.48. The molecule has 7 heteroatoms. The van der Waals surface area contributed by atoms with Crippen molar-refractivity contribution in [2.24, 2.45) is 0 Å². The molecule has 7 nitrogen and oxygen atoms in total. The van der Waals surface area contributed by atoms with Gasteiger partial charge in [-0.3, -0.25) is 4.79 Å². The van der Waals surface area contributed by atoms with Crippen molar-refractivity contribution in [2.75, 3.05) is 24.6 Å². The second-order valence-corrected chi connectivity index (χ2v) is 6.18. The van der Waals surface area contributed by atoms with Crippen LogP contribution >= 0.6 is 0 Å². The van der Waals surface area contributed by atoms with E-state index < -0.39 is 0 Å². The van der Waals surface area contributed by atoms with Crippen LogP contribution in [0.5, 0.6) is 0 Å². The van der Waals surface area contributed by atoms with E-state index >= 15 is 0 Å². The van der Waals surface area contributed by atoms with Crippen LogP contribution in [-0.4, -0.2) is 50.3 Å². The molecular formula is C18H20N6O. The number of nitrogens with zero attached hydrogens (tertiary/aromatic N) is 6. The Morgan fingerprint density at radius 3 is 2.72 bits per heavy atom. The number of aromatic nitrogens is 4. The summed E-state index contributed by atoms with van der Waals surface area (Å²) in [5.74, 6) is 0.00159. The van der Waals surface area contributed by atoms with Gasteiger partial charge in [0.2, 0.25) is 5.91 Å². The Balaban J connectivity index is 1.65. The molecule has 2 aromatic heterocycles. The minimum atomic E-state index is 0.00159. The van der Waals surface area contributed by atoms with E-state index in [2.05, 4.69) is 20.0 Å². The molecule has 1 aromatic carbocycles. The Kier molecular flexibility index (Phi) is 4.39. The first kappa shape index (κ1) is 15.7. The second kappa shape index (κ2) is 6.98. The van der Waals surface area contributed by atoms with Crippen molar-refractivity contribution in [1.82, 2.24) is 24.8 Å². The molecule has 0 radical (unpaired) electrons. The zero-order valence-corrected chi connectivity index (χ0v) is 14.0. The molecule has 4 rings (SSSR count). The lowest BCUT2D eigenvalue weighted by molar-refractivity contribution is -0.119. The van der Waals surface area contributed by atoms with Crippen LogP contribution in [0.1, 0.15) is 19.3 Å². The molecule has 25 heavy (non-hydrogen) atoms. The Bertz CT molecular complexity index is 856. The summed E-state index contributed by atoms with van der Waals surface area (Å²) < 4.78 is 0. The van der Waals surface area contributed by atoms with Crippen molar-refractivity contribution in [3.8, 4) is 0 Å². The third-order valence-corrected chi connectivity index (χ3v) is 4.48. The van der Waals surface area contributed by atoms with Crippen molar-refractivity contribution < 1.29 is 4.79 Å². The molecule has 1 fully saturated rings. The lowest BCUT2D eigenvalue weighted by Gasteiger charge is -2.24. The molecule has 1 saturated heterocycles. The monoisotopic (exact) mass is 336 g/mol. The number of carbonyl (C=O) groups is 1. The van der Waals surface area contributed by atoms with Crippen molar-refractivity contribution in [2.45, 2.75) is 19.3 Å².